The smallest absolute Gasteiger partial charge is 0.332 e. The molecule has 3 heterocycles. The van der Waals surface area contributed by atoms with Crippen molar-refractivity contribution in [2.75, 3.05) is 30.9 Å². The summed E-state index contributed by atoms with van der Waals surface area (Å²) in [5, 5.41) is 9.74. The van der Waals surface area contributed by atoms with E-state index in [1.807, 2.05) is 38.1 Å². The molecule has 0 amide bonds. The Morgan fingerprint density at radius 2 is 1.76 bits per heavy atom. The molecule has 1 saturated heterocycles. The molecule has 3 N–H and O–H groups in total. The Bertz CT molecular complexity index is 1140. The number of rotatable bonds is 9. The monoisotopic (exact) mass is 471 g/mol. The quantitative estimate of drug-likeness (QED) is 0.475. The van der Waals surface area contributed by atoms with Crippen molar-refractivity contribution in [1.29, 1.82) is 0 Å². The Morgan fingerprint density at radius 1 is 1.06 bits per heavy atom. The zero-order chi connectivity index (χ0) is 24.2. The second-order valence-electron chi connectivity index (χ2n) is 8.80. The van der Waals surface area contributed by atoms with E-state index in [4.69, 9.17) is 9.47 Å². The zero-order valence-electron chi connectivity index (χ0n) is 19.9. The molecular weight excluding hydrogens is 438 g/mol. The van der Waals surface area contributed by atoms with E-state index in [0.717, 1.165) is 17.7 Å². The number of carbonyl (C=O) groups is 1. The van der Waals surface area contributed by atoms with Crippen LogP contribution in [0.15, 0.2) is 33.9 Å². The number of ether oxygens (including phenoxy) is 2. The highest BCUT2D eigenvalue weighted by atomic mass is 16.5. The average Bonchev–Trinajstić information content (AvgIpc) is 3.51. The third kappa shape index (κ3) is 4.68. The van der Waals surface area contributed by atoms with Crippen LogP contribution in [-0.2, 0) is 22.6 Å². The summed E-state index contributed by atoms with van der Waals surface area (Å²) in [5.41, 5.74) is 0.788. The number of nitrogens with one attached hydrogen (secondary N) is 3. The van der Waals surface area contributed by atoms with E-state index in [0.29, 0.717) is 50.6 Å². The first-order chi connectivity index (χ1) is 16.5. The Labute approximate surface area is 198 Å². The number of anilines is 2. The molecule has 3 atom stereocenters. The highest BCUT2D eigenvalue weighted by molar-refractivity contribution is 5.76. The normalized spacial score (nSPS) is 21.0. The molecule has 34 heavy (non-hydrogen) atoms. The van der Waals surface area contributed by atoms with Gasteiger partial charge in [-0.2, -0.15) is 0 Å². The Hall–Kier alpha value is -3.27. The molecule has 2 aliphatic heterocycles. The van der Waals surface area contributed by atoms with E-state index in [1.165, 1.54) is 11.7 Å². The fraction of sp³-hybridized carbons (Fsp3) is 0.542. The third-order valence-corrected chi connectivity index (χ3v) is 6.30. The molecule has 3 unspecified atom stereocenters. The second-order valence-corrected chi connectivity index (χ2v) is 8.80. The van der Waals surface area contributed by atoms with Gasteiger partial charge in [0.25, 0.3) is 5.56 Å². The minimum atomic E-state index is -0.323. The Morgan fingerprint density at radius 3 is 2.44 bits per heavy atom. The first-order valence-electron chi connectivity index (χ1n) is 11.9. The van der Waals surface area contributed by atoms with E-state index in [9.17, 15) is 14.4 Å². The fourth-order valence-corrected chi connectivity index (χ4v) is 4.54. The Kier molecular flexibility index (Phi) is 7.26. The van der Waals surface area contributed by atoms with Gasteiger partial charge < -0.3 is 25.4 Å². The lowest BCUT2D eigenvalue weighted by Gasteiger charge is -2.15. The summed E-state index contributed by atoms with van der Waals surface area (Å²) in [6, 6.07) is 7.37. The topological polar surface area (TPSA) is 116 Å². The van der Waals surface area contributed by atoms with Crippen molar-refractivity contribution in [3.8, 4) is 5.75 Å². The van der Waals surface area contributed by atoms with Gasteiger partial charge in [-0.3, -0.25) is 18.7 Å². The molecule has 0 spiro atoms. The molecule has 0 saturated carbocycles. The number of nitrogens with zero attached hydrogens (tertiary/aromatic N) is 2. The summed E-state index contributed by atoms with van der Waals surface area (Å²) >= 11 is 0. The maximum absolute atomic E-state index is 12.9. The van der Waals surface area contributed by atoms with E-state index in [1.54, 1.807) is 4.57 Å². The Balaban J connectivity index is 1.44. The lowest BCUT2D eigenvalue weighted by molar-refractivity contribution is -0.142. The number of aromatic nitrogens is 2. The average molecular weight is 472 g/mol. The van der Waals surface area contributed by atoms with Gasteiger partial charge in [0.05, 0.1) is 13.7 Å². The summed E-state index contributed by atoms with van der Waals surface area (Å²) < 4.78 is 13.7. The van der Waals surface area contributed by atoms with Crippen LogP contribution in [0.4, 0.5) is 11.5 Å². The van der Waals surface area contributed by atoms with Crippen molar-refractivity contribution >= 4 is 17.5 Å². The zero-order valence-corrected chi connectivity index (χ0v) is 19.9. The maximum Gasteiger partial charge on any atom is 0.332 e. The first-order valence-corrected chi connectivity index (χ1v) is 11.9. The van der Waals surface area contributed by atoms with Crippen LogP contribution in [0, 0.1) is 5.92 Å². The molecule has 184 valence electrons. The van der Waals surface area contributed by atoms with Gasteiger partial charge in [0.15, 0.2) is 0 Å². The molecule has 2 aliphatic rings. The molecule has 10 nitrogen and oxygen atoms in total. The van der Waals surface area contributed by atoms with Gasteiger partial charge in [0.2, 0.25) is 0 Å². The van der Waals surface area contributed by atoms with Crippen molar-refractivity contribution in [1.82, 2.24) is 14.5 Å². The van der Waals surface area contributed by atoms with E-state index >= 15 is 0 Å². The minimum Gasteiger partial charge on any atom is -0.493 e. The van der Waals surface area contributed by atoms with Gasteiger partial charge in [0, 0.05) is 25.6 Å². The van der Waals surface area contributed by atoms with E-state index in [2.05, 4.69) is 16.0 Å². The van der Waals surface area contributed by atoms with Crippen LogP contribution in [0.5, 0.6) is 5.75 Å². The lowest BCUT2D eigenvalue weighted by atomic mass is 10.1. The molecule has 2 aromatic rings. The SMILES string of the molecule is CCCn1c2c(c(=O)n(CCC)c1=O)NC(c1ccc(OCC3CNC(C(=O)OC)C3)cc1)N2. The van der Waals surface area contributed by atoms with Crippen molar-refractivity contribution in [3.05, 3.63) is 50.7 Å². The van der Waals surface area contributed by atoms with Gasteiger partial charge in [-0.05, 0) is 37.0 Å². The molecular formula is C24H33N5O5. The van der Waals surface area contributed by atoms with Gasteiger partial charge in [-0.15, -0.1) is 0 Å². The number of carbonyl (C=O) groups excluding carboxylic acids is 1. The van der Waals surface area contributed by atoms with Crippen LogP contribution in [0.25, 0.3) is 0 Å². The van der Waals surface area contributed by atoms with Gasteiger partial charge in [-0.25, -0.2) is 4.79 Å². The van der Waals surface area contributed by atoms with Crippen LogP contribution < -0.4 is 31.9 Å². The van der Waals surface area contributed by atoms with Gasteiger partial charge >= 0.3 is 11.7 Å². The number of fused-ring (bicyclic) bond motifs is 1. The van der Waals surface area contributed by atoms with E-state index < -0.39 is 0 Å². The third-order valence-electron chi connectivity index (χ3n) is 6.30. The van der Waals surface area contributed by atoms with E-state index in [-0.39, 0.29) is 35.3 Å². The molecule has 4 rings (SSSR count). The molecule has 0 bridgehead atoms. The minimum absolute atomic E-state index is 0.233. The van der Waals surface area contributed by atoms with Gasteiger partial charge in [-0.1, -0.05) is 26.0 Å². The first kappa shape index (κ1) is 23.9. The predicted octanol–water partition coefficient (Wildman–Crippen LogP) is 1.90. The van der Waals surface area contributed by atoms with Crippen LogP contribution in [-0.4, -0.2) is 41.4 Å². The van der Waals surface area contributed by atoms with Crippen LogP contribution in [0.3, 0.4) is 0 Å². The number of hydrogen-bond acceptors (Lipinski definition) is 8. The molecule has 10 heteroatoms. The molecule has 0 radical (unpaired) electrons. The van der Waals surface area contributed by atoms with Crippen molar-refractivity contribution in [3.63, 3.8) is 0 Å². The second kappa shape index (κ2) is 10.3. The largest absolute Gasteiger partial charge is 0.493 e. The predicted molar refractivity (Wildman–Crippen MR) is 129 cm³/mol. The summed E-state index contributed by atoms with van der Waals surface area (Å²) in [7, 11) is 1.39. The van der Waals surface area contributed by atoms with Crippen molar-refractivity contribution < 1.29 is 14.3 Å². The van der Waals surface area contributed by atoms with Crippen LogP contribution >= 0.6 is 0 Å². The van der Waals surface area contributed by atoms with Crippen molar-refractivity contribution in [2.24, 2.45) is 5.92 Å². The molecule has 1 aromatic carbocycles. The van der Waals surface area contributed by atoms with Gasteiger partial charge in [0.1, 0.15) is 29.5 Å². The van der Waals surface area contributed by atoms with Crippen LogP contribution in [0.1, 0.15) is 44.8 Å². The maximum atomic E-state index is 12.9. The van der Waals surface area contributed by atoms with Crippen molar-refractivity contribution in [2.45, 2.75) is 58.4 Å². The highest BCUT2D eigenvalue weighted by Gasteiger charge is 2.31. The number of benzene rings is 1. The molecule has 0 aliphatic carbocycles. The standard InChI is InChI=1S/C24H33N5O5/c1-4-10-28-21-19(22(30)29(11-5-2)24(28)32)26-20(27-21)16-6-8-17(9-7-16)34-14-15-12-18(25-13-15)23(31)33-3/h6-9,15,18,20,25-27H,4-5,10-14H2,1-3H3. The molecule has 1 fully saturated rings. The summed E-state index contributed by atoms with van der Waals surface area (Å²) in [6.07, 6.45) is 1.86. The number of methoxy groups -OCH3 is 1. The lowest BCUT2D eigenvalue weighted by Crippen LogP contribution is -2.40. The summed E-state index contributed by atoms with van der Waals surface area (Å²) in [6.45, 7) is 6.09. The molecule has 1 aromatic heterocycles. The fourth-order valence-electron chi connectivity index (χ4n) is 4.54. The van der Waals surface area contributed by atoms with Crippen LogP contribution in [0.2, 0.25) is 0 Å². The number of hydrogen-bond donors (Lipinski definition) is 3. The summed E-state index contributed by atoms with van der Waals surface area (Å²) in [5.74, 6) is 1.27. The number of esters is 1. The summed E-state index contributed by atoms with van der Waals surface area (Å²) in [4.78, 5) is 37.5. The highest BCUT2D eigenvalue weighted by Crippen LogP contribution is 2.32.